The van der Waals surface area contributed by atoms with Crippen molar-refractivity contribution < 1.29 is 15.0 Å². The highest BCUT2D eigenvalue weighted by Gasteiger charge is 2.04. The van der Waals surface area contributed by atoms with Gasteiger partial charge in [-0.3, -0.25) is 0 Å². The third-order valence-electron chi connectivity index (χ3n) is 1.55. The first-order chi connectivity index (χ1) is 6.50. The quantitative estimate of drug-likeness (QED) is 0.467. The number of amides is 2. The SMILES string of the molecule is Cc1cc(O)c(O)cc1N=NC(N)=O. The largest absolute Gasteiger partial charge is 0.504 e. The predicted molar refractivity (Wildman–Crippen MR) is 48.6 cm³/mol. The van der Waals surface area contributed by atoms with Gasteiger partial charge in [0.1, 0.15) is 0 Å². The molecule has 6 heteroatoms. The van der Waals surface area contributed by atoms with E-state index in [1.165, 1.54) is 12.1 Å². The highest BCUT2D eigenvalue weighted by Crippen LogP contribution is 2.32. The van der Waals surface area contributed by atoms with Crippen molar-refractivity contribution in [3.05, 3.63) is 17.7 Å². The molecule has 0 aliphatic rings. The van der Waals surface area contributed by atoms with Crippen LogP contribution in [0.4, 0.5) is 10.5 Å². The molecule has 0 saturated carbocycles. The van der Waals surface area contributed by atoms with Gasteiger partial charge in [-0.2, -0.15) is 0 Å². The Labute approximate surface area is 79.7 Å². The van der Waals surface area contributed by atoms with Crippen LogP contribution in [0.5, 0.6) is 11.5 Å². The van der Waals surface area contributed by atoms with Crippen LogP contribution in [0, 0.1) is 6.92 Å². The number of hydrogen-bond donors (Lipinski definition) is 3. The fraction of sp³-hybridized carbons (Fsp3) is 0.125. The number of nitrogens with zero attached hydrogens (tertiary/aromatic N) is 2. The minimum atomic E-state index is -0.919. The smallest absolute Gasteiger partial charge is 0.356 e. The highest BCUT2D eigenvalue weighted by atomic mass is 16.3. The lowest BCUT2D eigenvalue weighted by Gasteiger charge is -2.01. The van der Waals surface area contributed by atoms with E-state index in [2.05, 4.69) is 10.2 Å². The molecule has 0 unspecified atom stereocenters. The van der Waals surface area contributed by atoms with E-state index in [-0.39, 0.29) is 17.2 Å². The van der Waals surface area contributed by atoms with E-state index in [0.29, 0.717) is 5.56 Å². The molecule has 0 saturated heterocycles. The zero-order valence-corrected chi connectivity index (χ0v) is 7.43. The maximum atomic E-state index is 10.3. The van der Waals surface area contributed by atoms with E-state index in [1.54, 1.807) is 6.92 Å². The molecule has 0 aromatic heterocycles. The number of benzene rings is 1. The number of urea groups is 1. The summed E-state index contributed by atoms with van der Waals surface area (Å²) in [6, 6.07) is 1.58. The third-order valence-corrected chi connectivity index (χ3v) is 1.55. The lowest BCUT2D eigenvalue weighted by atomic mass is 10.2. The Morgan fingerprint density at radius 2 is 1.93 bits per heavy atom. The molecule has 4 N–H and O–H groups in total. The number of carbonyl (C=O) groups is 1. The van der Waals surface area contributed by atoms with Crippen LogP contribution in [-0.4, -0.2) is 16.2 Å². The Morgan fingerprint density at radius 3 is 2.50 bits per heavy atom. The average Bonchev–Trinajstić information content (AvgIpc) is 2.09. The molecule has 0 radical (unpaired) electrons. The van der Waals surface area contributed by atoms with Gasteiger partial charge >= 0.3 is 6.03 Å². The molecule has 1 aromatic rings. The summed E-state index contributed by atoms with van der Waals surface area (Å²) in [7, 11) is 0. The monoisotopic (exact) mass is 195 g/mol. The normalized spacial score (nSPS) is 10.6. The van der Waals surface area contributed by atoms with E-state index in [0.717, 1.165) is 0 Å². The minimum absolute atomic E-state index is 0.250. The summed E-state index contributed by atoms with van der Waals surface area (Å²) in [5.74, 6) is -0.574. The van der Waals surface area contributed by atoms with Crippen LogP contribution in [-0.2, 0) is 0 Å². The molecular formula is C8H9N3O3. The van der Waals surface area contributed by atoms with Gasteiger partial charge in [0.05, 0.1) is 5.69 Å². The fourth-order valence-electron chi connectivity index (χ4n) is 0.881. The van der Waals surface area contributed by atoms with Gasteiger partial charge in [-0.15, -0.1) is 5.11 Å². The number of phenols is 2. The summed E-state index contributed by atoms with van der Waals surface area (Å²) in [5.41, 5.74) is 5.60. The van der Waals surface area contributed by atoms with Crippen LogP contribution < -0.4 is 5.73 Å². The molecule has 0 atom stereocenters. The molecular weight excluding hydrogens is 186 g/mol. The number of primary amides is 1. The standard InChI is InChI=1S/C8H9N3O3/c1-4-2-6(12)7(13)3-5(4)10-11-8(9)14/h2-3,12-13H,1H3,(H2,9,14). The number of azo groups is 1. The third kappa shape index (κ3) is 2.19. The van der Waals surface area contributed by atoms with E-state index >= 15 is 0 Å². The van der Waals surface area contributed by atoms with Gasteiger partial charge in [-0.1, -0.05) is 5.11 Å². The Balaban J connectivity index is 3.10. The van der Waals surface area contributed by atoms with Crippen LogP contribution in [0.25, 0.3) is 0 Å². The Bertz CT molecular complexity index is 401. The van der Waals surface area contributed by atoms with E-state index in [4.69, 9.17) is 15.9 Å². The Hall–Kier alpha value is -2.11. The van der Waals surface area contributed by atoms with Gasteiger partial charge in [0, 0.05) is 6.07 Å². The maximum absolute atomic E-state index is 10.3. The van der Waals surface area contributed by atoms with Crippen molar-refractivity contribution in [3.8, 4) is 11.5 Å². The molecule has 0 aliphatic carbocycles. The lowest BCUT2D eigenvalue weighted by Crippen LogP contribution is -2.01. The van der Waals surface area contributed by atoms with Crippen molar-refractivity contribution in [2.24, 2.45) is 16.0 Å². The molecule has 0 heterocycles. The van der Waals surface area contributed by atoms with Crippen LogP contribution in [0.1, 0.15) is 5.56 Å². The zero-order valence-electron chi connectivity index (χ0n) is 7.43. The van der Waals surface area contributed by atoms with E-state index in [9.17, 15) is 4.79 Å². The number of phenolic OH excluding ortho intramolecular Hbond substituents is 2. The zero-order chi connectivity index (χ0) is 10.7. The fourth-order valence-corrected chi connectivity index (χ4v) is 0.881. The lowest BCUT2D eigenvalue weighted by molar-refractivity contribution is 0.255. The topological polar surface area (TPSA) is 108 Å². The molecule has 0 aliphatic heterocycles. The molecule has 6 nitrogen and oxygen atoms in total. The number of hydrogen-bond acceptors (Lipinski definition) is 4. The first-order valence-corrected chi connectivity index (χ1v) is 3.74. The number of rotatable bonds is 1. The first-order valence-electron chi connectivity index (χ1n) is 3.74. The second kappa shape index (κ2) is 3.73. The molecule has 0 spiro atoms. The van der Waals surface area contributed by atoms with Gasteiger partial charge in [0.15, 0.2) is 11.5 Å². The summed E-state index contributed by atoms with van der Waals surface area (Å²) < 4.78 is 0. The molecule has 1 rings (SSSR count). The molecule has 0 fully saturated rings. The van der Waals surface area contributed by atoms with Crippen LogP contribution in [0.2, 0.25) is 0 Å². The van der Waals surface area contributed by atoms with Crippen LogP contribution in [0.3, 0.4) is 0 Å². The van der Waals surface area contributed by atoms with Gasteiger partial charge < -0.3 is 15.9 Å². The Morgan fingerprint density at radius 1 is 1.36 bits per heavy atom. The van der Waals surface area contributed by atoms with Crippen LogP contribution in [0.15, 0.2) is 22.4 Å². The number of nitrogens with two attached hydrogens (primary N) is 1. The van der Waals surface area contributed by atoms with Crippen molar-refractivity contribution in [2.75, 3.05) is 0 Å². The van der Waals surface area contributed by atoms with Crippen molar-refractivity contribution in [2.45, 2.75) is 6.92 Å². The van der Waals surface area contributed by atoms with Gasteiger partial charge in [0.2, 0.25) is 0 Å². The van der Waals surface area contributed by atoms with Crippen molar-refractivity contribution >= 4 is 11.7 Å². The maximum Gasteiger partial charge on any atom is 0.356 e. The van der Waals surface area contributed by atoms with E-state index < -0.39 is 6.03 Å². The molecule has 14 heavy (non-hydrogen) atoms. The predicted octanol–water partition coefficient (Wildman–Crippen LogP) is 1.57. The Kier molecular flexibility index (Phi) is 2.66. The number of aryl methyl sites for hydroxylation is 1. The first kappa shape index (κ1) is 9.97. The summed E-state index contributed by atoms with van der Waals surface area (Å²) in [6.07, 6.45) is 0. The second-order valence-corrected chi connectivity index (χ2v) is 2.67. The summed E-state index contributed by atoms with van der Waals surface area (Å²) in [6.45, 7) is 1.65. The second-order valence-electron chi connectivity index (χ2n) is 2.67. The minimum Gasteiger partial charge on any atom is -0.504 e. The number of aromatic hydroxyl groups is 2. The summed E-state index contributed by atoms with van der Waals surface area (Å²) in [5, 5.41) is 24.8. The van der Waals surface area contributed by atoms with E-state index in [1.807, 2.05) is 0 Å². The molecule has 0 bridgehead atoms. The van der Waals surface area contributed by atoms with Gasteiger partial charge in [-0.05, 0) is 18.6 Å². The van der Waals surface area contributed by atoms with Crippen molar-refractivity contribution in [1.82, 2.24) is 0 Å². The van der Waals surface area contributed by atoms with Gasteiger partial charge in [0.25, 0.3) is 0 Å². The summed E-state index contributed by atoms with van der Waals surface area (Å²) >= 11 is 0. The molecule has 2 amide bonds. The van der Waals surface area contributed by atoms with Crippen molar-refractivity contribution in [1.29, 1.82) is 0 Å². The summed E-state index contributed by atoms with van der Waals surface area (Å²) in [4.78, 5) is 10.3. The number of carbonyl (C=O) groups excluding carboxylic acids is 1. The van der Waals surface area contributed by atoms with Crippen molar-refractivity contribution in [3.63, 3.8) is 0 Å². The van der Waals surface area contributed by atoms with Crippen LogP contribution >= 0.6 is 0 Å². The molecule has 74 valence electrons. The van der Waals surface area contributed by atoms with Gasteiger partial charge in [-0.25, -0.2) is 4.79 Å². The average molecular weight is 195 g/mol. The molecule has 1 aromatic carbocycles. The highest BCUT2D eigenvalue weighted by molar-refractivity contribution is 5.72.